The van der Waals surface area contributed by atoms with E-state index in [0.717, 1.165) is 10.0 Å². The molecule has 20 heavy (non-hydrogen) atoms. The number of hydrogen-bond acceptors (Lipinski definition) is 3. The van der Waals surface area contributed by atoms with Crippen LogP contribution in [0.25, 0.3) is 0 Å². The van der Waals surface area contributed by atoms with Crippen LogP contribution in [0.2, 0.25) is 5.02 Å². The minimum absolute atomic E-state index is 0.0662. The molecule has 106 valence electrons. The zero-order valence-corrected chi connectivity index (χ0v) is 14.1. The van der Waals surface area contributed by atoms with E-state index in [-0.39, 0.29) is 9.92 Å². The number of hydrogen-bond donors (Lipinski definition) is 0. The monoisotopic (exact) mass is 394 g/mol. The summed E-state index contributed by atoms with van der Waals surface area (Å²) in [4.78, 5) is -0.0662. The average molecular weight is 396 g/mol. The molecule has 0 fully saturated rings. The van der Waals surface area contributed by atoms with Crippen molar-refractivity contribution in [2.45, 2.75) is 11.8 Å². The van der Waals surface area contributed by atoms with E-state index in [1.165, 1.54) is 18.2 Å². The van der Waals surface area contributed by atoms with E-state index in [1.807, 2.05) is 19.1 Å². The Morgan fingerprint density at radius 3 is 2.40 bits per heavy atom. The lowest BCUT2D eigenvalue weighted by molar-refractivity contribution is 0.482. The van der Waals surface area contributed by atoms with Gasteiger partial charge in [0.25, 0.3) is 9.05 Å². The highest BCUT2D eigenvalue weighted by Gasteiger charge is 2.13. The molecule has 0 aliphatic heterocycles. The SMILES string of the molecule is Cc1cc(Oc2ccc(S(=O)(=O)Cl)cc2Cl)ccc1Br. The molecular formula is C13H9BrCl2O3S. The molecule has 2 aromatic rings. The Hall–Kier alpha value is -0.750. The number of aryl methyl sites for hydroxylation is 1. The van der Waals surface area contributed by atoms with E-state index in [2.05, 4.69) is 15.9 Å². The first kappa shape index (κ1) is 15.6. The first-order chi connectivity index (χ1) is 9.27. The average Bonchev–Trinajstić information content (AvgIpc) is 2.35. The fourth-order valence-electron chi connectivity index (χ4n) is 1.52. The van der Waals surface area contributed by atoms with Gasteiger partial charge in [-0.3, -0.25) is 0 Å². The molecule has 0 amide bonds. The lowest BCUT2D eigenvalue weighted by Gasteiger charge is -2.09. The Kier molecular flexibility index (Phi) is 4.64. The van der Waals surface area contributed by atoms with Gasteiger partial charge in [0.2, 0.25) is 0 Å². The molecule has 3 nitrogen and oxygen atoms in total. The van der Waals surface area contributed by atoms with E-state index in [4.69, 9.17) is 27.0 Å². The van der Waals surface area contributed by atoms with Crippen LogP contribution in [0.4, 0.5) is 0 Å². The number of halogens is 3. The quantitative estimate of drug-likeness (QED) is 0.676. The van der Waals surface area contributed by atoms with Crippen LogP contribution >= 0.6 is 38.2 Å². The maximum absolute atomic E-state index is 11.2. The van der Waals surface area contributed by atoms with E-state index >= 15 is 0 Å². The summed E-state index contributed by atoms with van der Waals surface area (Å²) in [6.45, 7) is 1.93. The Morgan fingerprint density at radius 1 is 1.15 bits per heavy atom. The highest BCUT2D eigenvalue weighted by Crippen LogP contribution is 2.33. The molecular weight excluding hydrogens is 387 g/mol. The van der Waals surface area contributed by atoms with Crippen molar-refractivity contribution in [3.05, 3.63) is 51.5 Å². The lowest BCUT2D eigenvalue weighted by atomic mass is 10.2. The van der Waals surface area contributed by atoms with Crippen LogP contribution in [-0.4, -0.2) is 8.42 Å². The third-order valence-corrected chi connectivity index (χ3v) is 5.08. The smallest absolute Gasteiger partial charge is 0.261 e. The molecule has 0 aromatic heterocycles. The van der Waals surface area contributed by atoms with Crippen LogP contribution < -0.4 is 4.74 Å². The van der Waals surface area contributed by atoms with Crippen molar-refractivity contribution in [3.63, 3.8) is 0 Å². The van der Waals surface area contributed by atoms with Crippen LogP contribution in [0.1, 0.15) is 5.56 Å². The van der Waals surface area contributed by atoms with Gasteiger partial charge in [-0.2, -0.15) is 0 Å². The molecule has 0 aliphatic carbocycles. The summed E-state index contributed by atoms with van der Waals surface area (Å²) in [7, 11) is 1.45. The minimum atomic E-state index is -3.80. The second kappa shape index (κ2) is 5.93. The van der Waals surface area contributed by atoms with Gasteiger partial charge in [0.15, 0.2) is 0 Å². The second-order valence-electron chi connectivity index (χ2n) is 4.04. The van der Waals surface area contributed by atoms with Crippen LogP contribution in [-0.2, 0) is 9.05 Å². The van der Waals surface area contributed by atoms with Crippen molar-refractivity contribution in [2.24, 2.45) is 0 Å². The van der Waals surface area contributed by atoms with E-state index in [9.17, 15) is 8.42 Å². The van der Waals surface area contributed by atoms with Gasteiger partial charge >= 0.3 is 0 Å². The topological polar surface area (TPSA) is 43.4 Å². The van der Waals surface area contributed by atoms with Crippen molar-refractivity contribution < 1.29 is 13.2 Å². The van der Waals surface area contributed by atoms with E-state index in [0.29, 0.717) is 11.5 Å². The van der Waals surface area contributed by atoms with Gasteiger partial charge in [-0.1, -0.05) is 27.5 Å². The molecule has 0 heterocycles. The van der Waals surface area contributed by atoms with Crippen molar-refractivity contribution >= 4 is 47.3 Å². The first-order valence-corrected chi connectivity index (χ1v) is 8.93. The summed E-state index contributed by atoms with van der Waals surface area (Å²) in [5, 5.41) is 0.173. The van der Waals surface area contributed by atoms with Crippen LogP contribution in [0.5, 0.6) is 11.5 Å². The van der Waals surface area contributed by atoms with Gasteiger partial charge in [-0.15, -0.1) is 0 Å². The van der Waals surface area contributed by atoms with E-state index in [1.54, 1.807) is 6.07 Å². The molecule has 0 unspecified atom stereocenters. The number of rotatable bonds is 3. The fourth-order valence-corrected chi connectivity index (χ4v) is 2.83. The molecule has 2 aromatic carbocycles. The molecule has 0 radical (unpaired) electrons. The molecule has 0 bridgehead atoms. The molecule has 2 rings (SSSR count). The number of ether oxygens (including phenoxy) is 1. The third kappa shape index (κ3) is 3.67. The standard InChI is InChI=1S/C13H9BrCl2O3S/c1-8-6-9(2-4-11(8)14)19-13-5-3-10(7-12(13)15)20(16,17)18/h2-7H,1H3. The molecule has 0 aliphatic rings. The molecule has 0 spiro atoms. The lowest BCUT2D eigenvalue weighted by Crippen LogP contribution is -1.92. The normalized spacial score (nSPS) is 11.4. The summed E-state index contributed by atoms with van der Waals surface area (Å²) in [6, 6.07) is 9.54. The van der Waals surface area contributed by atoms with Gasteiger partial charge in [0.05, 0.1) is 9.92 Å². The van der Waals surface area contributed by atoms with Gasteiger partial charge in [-0.05, 0) is 48.9 Å². The Bertz CT molecular complexity index is 760. The molecule has 0 saturated carbocycles. The highest BCUT2D eigenvalue weighted by atomic mass is 79.9. The summed E-state index contributed by atoms with van der Waals surface area (Å²) in [5.41, 5.74) is 1.01. The predicted octanol–water partition coefficient (Wildman–Crippen LogP) is 5.13. The Morgan fingerprint density at radius 2 is 1.85 bits per heavy atom. The largest absolute Gasteiger partial charge is 0.456 e. The Balaban J connectivity index is 2.32. The molecule has 0 N–H and O–H groups in total. The highest BCUT2D eigenvalue weighted by molar-refractivity contribution is 9.10. The van der Waals surface area contributed by atoms with Crippen LogP contribution in [0, 0.1) is 6.92 Å². The molecule has 0 atom stereocenters. The first-order valence-electron chi connectivity index (χ1n) is 5.45. The maximum Gasteiger partial charge on any atom is 0.261 e. The maximum atomic E-state index is 11.2. The van der Waals surface area contributed by atoms with Gasteiger partial charge in [0, 0.05) is 15.2 Å². The molecule has 7 heteroatoms. The third-order valence-electron chi connectivity index (χ3n) is 2.54. The Labute approximate surface area is 135 Å². The summed E-state index contributed by atoms with van der Waals surface area (Å²) < 4.78 is 29.0. The van der Waals surface area contributed by atoms with Crippen LogP contribution in [0.15, 0.2) is 45.8 Å². The van der Waals surface area contributed by atoms with Crippen molar-refractivity contribution in [1.82, 2.24) is 0 Å². The van der Waals surface area contributed by atoms with Gasteiger partial charge < -0.3 is 4.74 Å². The van der Waals surface area contributed by atoms with Crippen molar-refractivity contribution in [2.75, 3.05) is 0 Å². The molecule has 0 saturated heterocycles. The summed E-state index contributed by atoms with van der Waals surface area (Å²) >= 11 is 9.40. The van der Waals surface area contributed by atoms with Gasteiger partial charge in [0.1, 0.15) is 11.5 Å². The summed E-state index contributed by atoms with van der Waals surface area (Å²) in [6.07, 6.45) is 0. The minimum Gasteiger partial charge on any atom is -0.456 e. The predicted molar refractivity (Wildman–Crippen MR) is 83.4 cm³/mol. The zero-order valence-electron chi connectivity index (χ0n) is 10.2. The fraction of sp³-hybridized carbons (Fsp3) is 0.0769. The van der Waals surface area contributed by atoms with Gasteiger partial charge in [-0.25, -0.2) is 8.42 Å². The zero-order chi connectivity index (χ0) is 14.9. The number of benzene rings is 2. The van der Waals surface area contributed by atoms with Crippen molar-refractivity contribution in [1.29, 1.82) is 0 Å². The van der Waals surface area contributed by atoms with E-state index < -0.39 is 9.05 Å². The van der Waals surface area contributed by atoms with Crippen LogP contribution in [0.3, 0.4) is 0 Å². The summed E-state index contributed by atoms with van der Waals surface area (Å²) in [5.74, 6) is 0.964. The second-order valence-corrected chi connectivity index (χ2v) is 7.87. The van der Waals surface area contributed by atoms with Crippen molar-refractivity contribution in [3.8, 4) is 11.5 Å².